The number of nitrogens with zero attached hydrogens (tertiary/aromatic N) is 5. The van der Waals surface area contributed by atoms with Crippen molar-refractivity contribution in [2.75, 3.05) is 30.8 Å². The van der Waals surface area contributed by atoms with Crippen LogP contribution in [0.4, 0.5) is 5.95 Å². The first-order valence-corrected chi connectivity index (χ1v) is 15.2. The van der Waals surface area contributed by atoms with E-state index < -0.39 is 10.0 Å². The van der Waals surface area contributed by atoms with E-state index in [2.05, 4.69) is 20.4 Å². The molecule has 1 saturated carbocycles. The van der Waals surface area contributed by atoms with Gasteiger partial charge in [0.15, 0.2) is 5.82 Å². The molecule has 210 valence electrons. The van der Waals surface area contributed by atoms with Crippen molar-refractivity contribution in [3.05, 3.63) is 36.7 Å². The Bertz CT molecular complexity index is 1400. The monoisotopic (exact) mass is 557 g/mol. The molecule has 1 aliphatic carbocycles. The minimum absolute atomic E-state index is 0.0390. The maximum Gasteiger partial charge on any atom is 0.225 e. The lowest BCUT2D eigenvalue weighted by atomic mass is 9.85. The SMILES string of the molecule is NS(=O)(=O)CCCOc1cccc2c1cnn2-c1ccnc(NC2CCC(C(=O)N3CCC(O)CC3)CC2)n1. The molecular formula is C26H35N7O5S. The molecule has 2 fully saturated rings. The molecule has 2 aliphatic rings. The summed E-state index contributed by atoms with van der Waals surface area (Å²) >= 11 is 0. The maximum absolute atomic E-state index is 12.9. The summed E-state index contributed by atoms with van der Waals surface area (Å²) in [7, 11) is -3.52. The van der Waals surface area contributed by atoms with Crippen molar-refractivity contribution in [2.45, 2.75) is 57.1 Å². The first kappa shape index (κ1) is 27.3. The van der Waals surface area contributed by atoms with Gasteiger partial charge in [0, 0.05) is 37.3 Å². The van der Waals surface area contributed by atoms with Crippen LogP contribution in [-0.2, 0) is 14.8 Å². The average Bonchev–Trinajstić information content (AvgIpc) is 3.36. The summed E-state index contributed by atoms with van der Waals surface area (Å²) < 4.78 is 29.8. The van der Waals surface area contributed by atoms with Gasteiger partial charge in [-0.1, -0.05) is 6.07 Å². The molecule has 5 rings (SSSR count). The summed E-state index contributed by atoms with van der Waals surface area (Å²) in [5.41, 5.74) is 0.799. The molecule has 0 atom stereocenters. The zero-order valence-corrected chi connectivity index (χ0v) is 22.6. The van der Waals surface area contributed by atoms with Crippen LogP contribution in [0.3, 0.4) is 0 Å². The van der Waals surface area contributed by atoms with E-state index in [1.807, 2.05) is 23.1 Å². The molecule has 0 radical (unpaired) electrons. The Balaban J connectivity index is 1.19. The second-order valence-corrected chi connectivity index (χ2v) is 12.0. The van der Waals surface area contributed by atoms with Gasteiger partial charge >= 0.3 is 0 Å². The smallest absolute Gasteiger partial charge is 0.225 e. The van der Waals surface area contributed by atoms with Gasteiger partial charge in [-0.3, -0.25) is 4.79 Å². The molecule has 13 heteroatoms. The second-order valence-electron chi connectivity index (χ2n) is 10.3. The number of benzene rings is 1. The lowest BCUT2D eigenvalue weighted by molar-refractivity contribution is -0.138. The van der Waals surface area contributed by atoms with Crippen LogP contribution < -0.4 is 15.2 Å². The van der Waals surface area contributed by atoms with Gasteiger partial charge in [-0.05, 0) is 57.1 Å². The summed E-state index contributed by atoms with van der Waals surface area (Å²) in [6, 6.07) is 7.54. The van der Waals surface area contributed by atoms with Crippen LogP contribution in [0, 0.1) is 5.92 Å². The number of piperidine rings is 1. The van der Waals surface area contributed by atoms with Crippen LogP contribution in [0.25, 0.3) is 16.7 Å². The van der Waals surface area contributed by atoms with Crippen LogP contribution in [0.5, 0.6) is 5.75 Å². The van der Waals surface area contributed by atoms with Crippen molar-refractivity contribution in [2.24, 2.45) is 11.1 Å². The highest BCUT2D eigenvalue weighted by Gasteiger charge is 2.31. The first-order chi connectivity index (χ1) is 18.8. The number of rotatable bonds is 9. The number of aliphatic hydroxyl groups excluding tert-OH is 1. The van der Waals surface area contributed by atoms with E-state index in [1.54, 1.807) is 23.1 Å². The van der Waals surface area contributed by atoms with Crippen molar-refractivity contribution >= 4 is 32.8 Å². The zero-order chi connectivity index (χ0) is 27.4. The maximum atomic E-state index is 12.9. The van der Waals surface area contributed by atoms with Crippen molar-refractivity contribution in [1.29, 1.82) is 0 Å². The molecule has 1 aliphatic heterocycles. The molecule has 39 heavy (non-hydrogen) atoms. The highest BCUT2D eigenvalue weighted by molar-refractivity contribution is 7.89. The molecule has 1 aromatic carbocycles. The quantitative estimate of drug-likeness (QED) is 0.333. The predicted octanol–water partition coefficient (Wildman–Crippen LogP) is 1.83. The minimum Gasteiger partial charge on any atom is -0.493 e. The summed E-state index contributed by atoms with van der Waals surface area (Å²) in [6.07, 6.45) is 8.08. The van der Waals surface area contributed by atoms with Gasteiger partial charge in [-0.15, -0.1) is 0 Å². The number of hydrogen-bond acceptors (Lipinski definition) is 9. The number of carbonyl (C=O) groups is 1. The molecule has 4 N–H and O–H groups in total. The van der Waals surface area contributed by atoms with E-state index in [9.17, 15) is 18.3 Å². The number of ether oxygens (including phenoxy) is 1. The summed E-state index contributed by atoms with van der Waals surface area (Å²) in [6.45, 7) is 1.51. The number of primary sulfonamides is 1. The molecule has 12 nitrogen and oxygen atoms in total. The molecule has 2 aromatic heterocycles. The number of carbonyl (C=O) groups excluding carboxylic acids is 1. The van der Waals surface area contributed by atoms with Gasteiger partial charge < -0.3 is 20.1 Å². The number of aliphatic hydroxyl groups is 1. The van der Waals surface area contributed by atoms with Gasteiger partial charge in [0.2, 0.25) is 21.9 Å². The van der Waals surface area contributed by atoms with Crippen LogP contribution in [0.1, 0.15) is 44.9 Å². The van der Waals surface area contributed by atoms with E-state index in [-0.39, 0.29) is 36.3 Å². The standard InChI is InChI=1S/C26H35N7O5S/c27-39(36,37)16-2-15-38-23-4-1-3-22-21(23)17-29-33(22)24-9-12-28-26(31-24)30-19-7-5-18(6-8-19)25(35)32-13-10-20(34)11-14-32/h1,3-4,9,12,17-20,34H,2,5-8,10-11,13-16H2,(H2,27,36,37)(H,28,30,31). The third kappa shape index (κ3) is 6.84. The third-order valence-corrected chi connectivity index (χ3v) is 8.31. The van der Waals surface area contributed by atoms with Gasteiger partial charge in [0.05, 0.1) is 35.6 Å². The number of hydrogen-bond donors (Lipinski definition) is 3. The Morgan fingerprint density at radius 3 is 2.64 bits per heavy atom. The molecule has 0 unspecified atom stereocenters. The molecule has 3 aromatic rings. The highest BCUT2D eigenvalue weighted by Crippen LogP contribution is 2.30. The Morgan fingerprint density at radius 1 is 1.13 bits per heavy atom. The van der Waals surface area contributed by atoms with Crippen LogP contribution >= 0.6 is 0 Å². The largest absolute Gasteiger partial charge is 0.493 e. The molecule has 0 bridgehead atoms. The fourth-order valence-electron chi connectivity index (χ4n) is 5.32. The Kier molecular flexibility index (Phi) is 8.29. The van der Waals surface area contributed by atoms with Gasteiger partial charge in [0.25, 0.3) is 0 Å². The minimum atomic E-state index is -3.52. The van der Waals surface area contributed by atoms with Crippen molar-refractivity contribution in [1.82, 2.24) is 24.6 Å². The first-order valence-electron chi connectivity index (χ1n) is 13.4. The Morgan fingerprint density at radius 2 is 1.90 bits per heavy atom. The molecular weight excluding hydrogens is 522 g/mol. The Labute approximate surface area is 227 Å². The van der Waals surface area contributed by atoms with E-state index in [4.69, 9.17) is 9.88 Å². The van der Waals surface area contributed by atoms with Gasteiger partial charge in [0.1, 0.15) is 5.75 Å². The topological polar surface area (TPSA) is 166 Å². The number of nitrogens with one attached hydrogen (secondary N) is 1. The molecule has 0 spiro atoms. The number of fused-ring (bicyclic) bond motifs is 1. The summed E-state index contributed by atoms with van der Waals surface area (Å²) in [4.78, 5) is 23.9. The lowest BCUT2D eigenvalue weighted by Crippen LogP contribution is -2.44. The van der Waals surface area contributed by atoms with E-state index in [1.165, 1.54) is 0 Å². The van der Waals surface area contributed by atoms with E-state index >= 15 is 0 Å². The van der Waals surface area contributed by atoms with Crippen molar-refractivity contribution in [3.8, 4) is 11.6 Å². The van der Waals surface area contributed by atoms with Crippen molar-refractivity contribution in [3.63, 3.8) is 0 Å². The number of likely N-dealkylation sites (tertiary alicyclic amines) is 1. The van der Waals surface area contributed by atoms with Crippen LogP contribution in [0.2, 0.25) is 0 Å². The van der Waals surface area contributed by atoms with Gasteiger partial charge in [-0.25, -0.2) is 23.2 Å². The number of aromatic nitrogens is 4. The number of sulfonamides is 1. The number of nitrogens with two attached hydrogens (primary N) is 1. The molecule has 1 saturated heterocycles. The van der Waals surface area contributed by atoms with E-state index in [0.717, 1.165) is 36.6 Å². The van der Waals surface area contributed by atoms with Crippen molar-refractivity contribution < 1.29 is 23.1 Å². The normalized spacial score (nSPS) is 20.7. The predicted molar refractivity (Wildman–Crippen MR) is 146 cm³/mol. The fourth-order valence-corrected chi connectivity index (χ4v) is 5.84. The molecule has 1 amide bonds. The third-order valence-electron chi connectivity index (χ3n) is 7.45. The summed E-state index contributed by atoms with van der Waals surface area (Å²) in [5.74, 6) is 1.83. The van der Waals surface area contributed by atoms with Crippen LogP contribution in [0.15, 0.2) is 36.7 Å². The number of amides is 1. The van der Waals surface area contributed by atoms with Gasteiger partial charge in [-0.2, -0.15) is 10.1 Å². The lowest BCUT2D eigenvalue weighted by Gasteiger charge is -2.35. The van der Waals surface area contributed by atoms with E-state index in [0.29, 0.717) is 49.9 Å². The Hall–Kier alpha value is -3.29. The summed E-state index contributed by atoms with van der Waals surface area (Å²) in [5, 5.41) is 23.5. The number of anilines is 1. The second kappa shape index (κ2) is 11.8. The highest BCUT2D eigenvalue weighted by atomic mass is 32.2. The average molecular weight is 558 g/mol. The van der Waals surface area contributed by atoms with Crippen LogP contribution in [-0.4, -0.2) is 81.7 Å². The molecule has 3 heterocycles. The zero-order valence-electron chi connectivity index (χ0n) is 21.8. The fraction of sp³-hybridized carbons (Fsp3) is 0.538.